The Labute approximate surface area is 203 Å². The van der Waals surface area contributed by atoms with E-state index in [0.717, 1.165) is 0 Å². The number of carbonyl (C=O) groups is 2. The fourth-order valence-corrected chi connectivity index (χ4v) is 3.93. The van der Waals surface area contributed by atoms with Gasteiger partial charge < -0.3 is 19.1 Å². The van der Waals surface area contributed by atoms with Crippen molar-refractivity contribution in [2.75, 3.05) is 18.3 Å². The molecule has 1 aliphatic rings. The van der Waals surface area contributed by atoms with Crippen LogP contribution in [0.2, 0.25) is 0 Å². The van der Waals surface area contributed by atoms with Crippen molar-refractivity contribution in [3.8, 4) is 17.2 Å². The zero-order chi connectivity index (χ0) is 25.1. The Kier molecular flexibility index (Phi) is 6.97. The minimum atomic E-state index is -0.883. The highest BCUT2D eigenvalue weighted by atomic mass is 16.7. The summed E-state index contributed by atoms with van der Waals surface area (Å²) in [7, 11) is 0. The van der Waals surface area contributed by atoms with E-state index in [1.165, 1.54) is 4.90 Å². The third-order valence-corrected chi connectivity index (χ3v) is 5.63. The van der Waals surface area contributed by atoms with Crippen molar-refractivity contribution >= 4 is 17.4 Å². The Bertz CT molecular complexity index is 1260. The molecule has 0 spiro atoms. The van der Waals surface area contributed by atoms with Crippen molar-refractivity contribution in [1.82, 2.24) is 10.1 Å². The minimum Gasteiger partial charge on any atom is -0.503 e. The third kappa shape index (κ3) is 4.67. The highest BCUT2D eigenvalue weighted by Crippen LogP contribution is 2.44. The topological polar surface area (TPSA) is 115 Å². The molecule has 9 heteroatoms. The second kappa shape index (κ2) is 10.1. The Morgan fingerprint density at radius 3 is 2.51 bits per heavy atom. The molecule has 1 N–H and O–H groups in total. The quantitative estimate of drug-likeness (QED) is 0.353. The normalized spacial score (nSPS) is 15.9. The molecule has 0 fully saturated rings. The molecule has 35 heavy (non-hydrogen) atoms. The zero-order valence-corrected chi connectivity index (χ0v) is 20.0. The molecule has 182 valence electrons. The van der Waals surface area contributed by atoms with Crippen LogP contribution in [0, 0.1) is 12.8 Å². The van der Waals surface area contributed by atoms with Crippen LogP contribution in [-0.2, 0) is 14.3 Å². The zero-order valence-electron chi connectivity index (χ0n) is 20.0. The number of benzene rings is 2. The van der Waals surface area contributed by atoms with E-state index < -0.39 is 23.6 Å². The van der Waals surface area contributed by atoms with Crippen LogP contribution >= 0.6 is 0 Å². The van der Waals surface area contributed by atoms with Gasteiger partial charge in [-0.25, -0.2) is 0 Å². The van der Waals surface area contributed by atoms with E-state index in [4.69, 9.17) is 14.0 Å². The average Bonchev–Trinajstić information content (AvgIpc) is 3.40. The van der Waals surface area contributed by atoms with Gasteiger partial charge in [-0.1, -0.05) is 37.2 Å². The van der Waals surface area contributed by atoms with Crippen LogP contribution in [0.3, 0.4) is 0 Å². The molecule has 3 aromatic rings. The number of carbonyl (C=O) groups excluding carboxylic acids is 2. The summed E-state index contributed by atoms with van der Waals surface area (Å²) in [5.41, 5.74) is 1.76. The van der Waals surface area contributed by atoms with E-state index in [-0.39, 0.29) is 18.1 Å². The number of nitrogens with zero attached hydrogens (tertiary/aromatic N) is 3. The molecule has 0 saturated heterocycles. The lowest BCUT2D eigenvalue weighted by Gasteiger charge is -2.28. The van der Waals surface area contributed by atoms with E-state index in [0.29, 0.717) is 40.9 Å². The first kappa shape index (κ1) is 24.2. The number of aliphatic hydroxyl groups is 1. The highest BCUT2D eigenvalue weighted by Gasteiger charge is 2.45. The Morgan fingerprint density at radius 1 is 1.17 bits per heavy atom. The molecule has 1 atom stereocenters. The highest BCUT2D eigenvalue weighted by molar-refractivity contribution is 6.17. The fraction of sp³-hybridized carbons (Fsp3) is 0.308. The van der Waals surface area contributed by atoms with Gasteiger partial charge in [0.05, 0.1) is 11.6 Å². The van der Waals surface area contributed by atoms with Gasteiger partial charge in [0, 0.05) is 29.3 Å². The maximum Gasteiger partial charge on any atom is 0.294 e. The van der Waals surface area contributed by atoms with E-state index in [1.54, 1.807) is 69.3 Å². The predicted molar refractivity (Wildman–Crippen MR) is 128 cm³/mol. The van der Waals surface area contributed by atoms with Crippen LogP contribution < -0.4 is 9.64 Å². The monoisotopic (exact) mass is 477 g/mol. The summed E-state index contributed by atoms with van der Waals surface area (Å²) in [5.74, 6) is -0.670. The first-order chi connectivity index (χ1) is 16.8. The van der Waals surface area contributed by atoms with Crippen molar-refractivity contribution in [3.05, 3.63) is 71.3 Å². The molecule has 0 aliphatic carbocycles. The third-order valence-electron chi connectivity index (χ3n) is 5.63. The first-order valence-corrected chi connectivity index (χ1v) is 11.3. The molecule has 1 unspecified atom stereocenters. The summed E-state index contributed by atoms with van der Waals surface area (Å²) in [6.07, 6.45) is 0. The molecule has 0 saturated carbocycles. The SMILES string of the molecule is CCOCOc1ccccc1C1C(C(=O)C(C)C)=C(O)C(=O)N1c1ccc(-c2nc(C)no2)cc1. The number of ketones is 1. The molecule has 1 aliphatic heterocycles. The summed E-state index contributed by atoms with van der Waals surface area (Å²) in [4.78, 5) is 32.1. The standard InChI is InChI=1S/C26H27N3O6/c1-5-33-14-34-20-9-7-6-8-19(20)22-21(23(30)15(2)3)24(31)26(32)29(22)18-12-10-17(11-13-18)25-27-16(4)28-35-25/h6-13,15,22,31H,5,14H2,1-4H3. The molecule has 1 aromatic heterocycles. The van der Waals surface area contributed by atoms with Crippen molar-refractivity contribution in [2.45, 2.75) is 33.7 Å². The van der Waals surface area contributed by atoms with Crippen LogP contribution in [0.5, 0.6) is 5.75 Å². The van der Waals surface area contributed by atoms with Crippen molar-refractivity contribution in [3.63, 3.8) is 0 Å². The van der Waals surface area contributed by atoms with Crippen LogP contribution in [0.4, 0.5) is 5.69 Å². The molecule has 2 heterocycles. The average molecular weight is 478 g/mol. The van der Waals surface area contributed by atoms with Gasteiger partial charge in [-0.2, -0.15) is 4.98 Å². The molecule has 0 radical (unpaired) electrons. The molecule has 0 bridgehead atoms. The van der Waals surface area contributed by atoms with Crippen LogP contribution in [0.25, 0.3) is 11.5 Å². The number of rotatable bonds is 9. The minimum absolute atomic E-state index is 0.00956. The number of amides is 1. The Hall–Kier alpha value is -3.98. The number of hydrogen-bond acceptors (Lipinski definition) is 8. The number of Topliss-reactive ketones (excluding diaryl/α,β-unsaturated/α-hetero) is 1. The maximum atomic E-state index is 13.3. The lowest BCUT2D eigenvalue weighted by molar-refractivity contribution is -0.119. The molecule has 2 aromatic carbocycles. The van der Waals surface area contributed by atoms with Gasteiger partial charge in [0.15, 0.2) is 24.2 Å². The second-order valence-electron chi connectivity index (χ2n) is 8.35. The predicted octanol–water partition coefficient (Wildman–Crippen LogP) is 4.54. The van der Waals surface area contributed by atoms with Gasteiger partial charge in [0.2, 0.25) is 0 Å². The van der Waals surface area contributed by atoms with Gasteiger partial charge in [0.1, 0.15) is 5.75 Å². The van der Waals surface area contributed by atoms with E-state index in [2.05, 4.69) is 10.1 Å². The Morgan fingerprint density at radius 2 is 1.89 bits per heavy atom. The summed E-state index contributed by atoms with van der Waals surface area (Å²) < 4.78 is 16.4. The Balaban J connectivity index is 1.79. The van der Waals surface area contributed by atoms with Crippen molar-refractivity contribution < 1.29 is 28.7 Å². The number of hydrogen-bond donors (Lipinski definition) is 1. The van der Waals surface area contributed by atoms with Crippen LogP contribution in [0.1, 0.15) is 38.2 Å². The number of aromatic nitrogens is 2. The largest absolute Gasteiger partial charge is 0.503 e. The lowest BCUT2D eigenvalue weighted by atomic mass is 9.90. The second-order valence-corrected chi connectivity index (χ2v) is 8.35. The summed E-state index contributed by atoms with van der Waals surface area (Å²) in [6.45, 7) is 7.51. The van der Waals surface area contributed by atoms with Crippen molar-refractivity contribution in [2.24, 2.45) is 5.92 Å². The number of anilines is 1. The number of aliphatic hydroxyl groups excluding tert-OH is 1. The number of para-hydroxylation sites is 1. The van der Waals surface area contributed by atoms with Crippen LogP contribution in [0.15, 0.2) is 64.4 Å². The number of ether oxygens (including phenoxy) is 2. The molecule has 4 rings (SSSR count). The van der Waals surface area contributed by atoms with Gasteiger partial charge in [-0.05, 0) is 44.2 Å². The smallest absolute Gasteiger partial charge is 0.294 e. The van der Waals surface area contributed by atoms with E-state index >= 15 is 0 Å². The van der Waals surface area contributed by atoms with Gasteiger partial charge in [0.25, 0.3) is 11.8 Å². The van der Waals surface area contributed by atoms with Gasteiger partial charge >= 0.3 is 0 Å². The fourth-order valence-electron chi connectivity index (χ4n) is 3.93. The summed E-state index contributed by atoms with van der Waals surface area (Å²) >= 11 is 0. The summed E-state index contributed by atoms with van der Waals surface area (Å²) in [6, 6.07) is 13.1. The van der Waals surface area contributed by atoms with Gasteiger partial charge in [-0.15, -0.1) is 0 Å². The number of aryl methyl sites for hydroxylation is 1. The molecular weight excluding hydrogens is 450 g/mol. The molecule has 1 amide bonds. The van der Waals surface area contributed by atoms with E-state index in [9.17, 15) is 14.7 Å². The van der Waals surface area contributed by atoms with Crippen molar-refractivity contribution in [1.29, 1.82) is 0 Å². The van der Waals surface area contributed by atoms with Gasteiger partial charge in [-0.3, -0.25) is 14.5 Å². The van der Waals surface area contributed by atoms with Crippen LogP contribution in [-0.4, -0.2) is 40.3 Å². The van der Waals surface area contributed by atoms with E-state index in [1.807, 2.05) is 6.92 Å². The summed E-state index contributed by atoms with van der Waals surface area (Å²) in [5, 5.41) is 14.7. The maximum absolute atomic E-state index is 13.3. The molecular formula is C26H27N3O6. The lowest BCUT2D eigenvalue weighted by Crippen LogP contribution is -2.31. The first-order valence-electron chi connectivity index (χ1n) is 11.3. The molecule has 9 nitrogen and oxygen atoms in total.